The van der Waals surface area contributed by atoms with Gasteiger partial charge in [0.1, 0.15) is 11.9 Å². The van der Waals surface area contributed by atoms with Gasteiger partial charge in [-0.15, -0.1) is 5.10 Å². The molecule has 0 fully saturated rings. The molecule has 2 aromatic carbocycles. The smallest absolute Gasteiger partial charge is 0.273 e. The largest absolute Gasteiger partial charge is 0.496 e. The van der Waals surface area contributed by atoms with Gasteiger partial charge in [0, 0.05) is 5.56 Å². The normalized spacial score (nSPS) is 16.4. The van der Waals surface area contributed by atoms with Crippen molar-refractivity contribution in [2.24, 2.45) is 0 Å². The number of aliphatic hydroxyl groups is 1. The third kappa shape index (κ3) is 3.61. The highest BCUT2D eigenvalue weighted by Crippen LogP contribution is 2.31. The number of fused-ring (bicyclic) bond motifs is 1. The third-order valence-electron chi connectivity index (χ3n) is 5.07. The van der Waals surface area contributed by atoms with Crippen LogP contribution in [0.3, 0.4) is 0 Å². The van der Waals surface area contributed by atoms with Crippen LogP contribution in [0.1, 0.15) is 45.7 Å². The van der Waals surface area contributed by atoms with E-state index in [1.54, 1.807) is 25.4 Å². The van der Waals surface area contributed by atoms with E-state index in [4.69, 9.17) is 4.74 Å². The number of methoxy groups -OCH3 is 1. The number of aryl methyl sites for hydroxylation is 1. The molecule has 144 valence electrons. The van der Waals surface area contributed by atoms with Crippen LogP contribution < -0.4 is 10.1 Å². The van der Waals surface area contributed by atoms with Crippen molar-refractivity contribution in [3.8, 4) is 5.75 Å². The van der Waals surface area contributed by atoms with Crippen LogP contribution in [-0.2, 0) is 13.0 Å². The lowest BCUT2D eigenvalue weighted by Crippen LogP contribution is -2.27. The zero-order chi connectivity index (χ0) is 19.5. The lowest BCUT2D eigenvalue weighted by Gasteiger charge is -2.14. The third-order valence-corrected chi connectivity index (χ3v) is 5.07. The number of amides is 1. The van der Waals surface area contributed by atoms with E-state index in [9.17, 15) is 9.90 Å². The Balaban J connectivity index is 1.42. The number of nitrogens with zero attached hydrogens (tertiary/aromatic N) is 3. The van der Waals surface area contributed by atoms with Crippen LogP contribution >= 0.6 is 0 Å². The van der Waals surface area contributed by atoms with E-state index < -0.39 is 6.10 Å². The summed E-state index contributed by atoms with van der Waals surface area (Å²) in [4.78, 5) is 12.6. The van der Waals surface area contributed by atoms with Crippen molar-refractivity contribution in [2.45, 2.75) is 31.5 Å². The van der Waals surface area contributed by atoms with Crippen LogP contribution in [-0.4, -0.2) is 33.1 Å². The maximum absolute atomic E-state index is 12.6. The van der Waals surface area contributed by atoms with Gasteiger partial charge in [-0.25, -0.2) is 4.68 Å². The summed E-state index contributed by atoms with van der Waals surface area (Å²) in [6.07, 6.45) is 2.56. The molecule has 0 unspecified atom stereocenters. The first-order chi connectivity index (χ1) is 13.7. The summed E-state index contributed by atoms with van der Waals surface area (Å²) in [6.45, 7) is 0.174. The number of benzene rings is 2. The molecule has 4 rings (SSSR count). The van der Waals surface area contributed by atoms with Crippen molar-refractivity contribution in [2.75, 3.05) is 7.11 Å². The molecule has 1 heterocycles. The molecule has 7 heteroatoms. The molecule has 0 aliphatic heterocycles. The number of hydrogen-bond acceptors (Lipinski definition) is 5. The van der Waals surface area contributed by atoms with Crippen LogP contribution in [0.25, 0.3) is 0 Å². The average Bonchev–Trinajstić information content (AvgIpc) is 3.35. The van der Waals surface area contributed by atoms with Crippen molar-refractivity contribution >= 4 is 5.91 Å². The van der Waals surface area contributed by atoms with Gasteiger partial charge in [-0.1, -0.05) is 47.7 Å². The second-order valence-corrected chi connectivity index (χ2v) is 6.85. The maximum atomic E-state index is 12.6. The fraction of sp³-hybridized carbons (Fsp3) is 0.286. The molecule has 2 N–H and O–H groups in total. The number of aromatic nitrogens is 3. The molecule has 28 heavy (non-hydrogen) atoms. The maximum Gasteiger partial charge on any atom is 0.273 e. The zero-order valence-electron chi connectivity index (χ0n) is 15.6. The Labute approximate surface area is 163 Å². The molecule has 3 aromatic rings. The molecule has 0 bridgehead atoms. The molecule has 1 aliphatic rings. The SMILES string of the molecule is COc1ccccc1[C@H](O)Cn1cc(C(=O)N[C@@H]2CCc3ccccc32)nn1. The quantitative estimate of drug-likeness (QED) is 0.688. The highest BCUT2D eigenvalue weighted by molar-refractivity contribution is 5.92. The Morgan fingerprint density at radius 2 is 2.07 bits per heavy atom. The lowest BCUT2D eigenvalue weighted by atomic mass is 10.1. The second kappa shape index (κ2) is 7.82. The number of nitrogens with one attached hydrogen (secondary N) is 1. The molecule has 0 saturated heterocycles. The number of carbonyl (C=O) groups is 1. The summed E-state index contributed by atoms with van der Waals surface area (Å²) in [5.41, 5.74) is 3.33. The van der Waals surface area contributed by atoms with Crippen LogP contribution in [0.5, 0.6) is 5.75 Å². The van der Waals surface area contributed by atoms with Gasteiger partial charge in [-0.3, -0.25) is 4.79 Å². The standard InChI is InChI=1S/C21H22N4O3/c1-28-20-9-5-4-8-16(20)19(26)13-25-12-18(23-24-25)21(27)22-17-11-10-14-6-2-3-7-15(14)17/h2-9,12,17,19,26H,10-11,13H2,1H3,(H,22,27)/t17-,19-/m1/s1. The monoisotopic (exact) mass is 378 g/mol. The molecule has 1 aromatic heterocycles. The average molecular weight is 378 g/mol. The minimum absolute atomic E-state index is 0.00646. The lowest BCUT2D eigenvalue weighted by molar-refractivity contribution is 0.0931. The van der Waals surface area contributed by atoms with Gasteiger partial charge in [-0.05, 0) is 30.0 Å². The molecule has 0 radical (unpaired) electrons. The fourth-order valence-electron chi connectivity index (χ4n) is 3.65. The van der Waals surface area contributed by atoms with Gasteiger partial charge in [0.15, 0.2) is 5.69 Å². The number of carbonyl (C=O) groups excluding carboxylic acids is 1. The second-order valence-electron chi connectivity index (χ2n) is 6.85. The van der Waals surface area contributed by atoms with Gasteiger partial charge >= 0.3 is 0 Å². The minimum Gasteiger partial charge on any atom is -0.496 e. The Morgan fingerprint density at radius 3 is 2.93 bits per heavy atom. The first-order valence-electron chi connectivity index (χ1n) is 9.25. The van der Waals surface area contributed by atoms with Crippen molar-refractivity contribution in [3.63, 3.8) is 0 Å². The first-order valence-corrected chi connectivity index (χ1v) is 9.25. The Bertz CT molecular complexity index is 985. The number of aliphatic hydroxyl groups excluding tert-OH is 1. The first kappa shape index (κ1) is 18.2. The number of ether oxygens (including phenoxy) is 1. The highest BCUT2D eigenvalue weighted by atomic mass is 16.5. The summed E-state index contributed by atoms with van der Waals surface area (Å²) in [6, 6.07) is 15.4. The van der Waals surface area contributed by atoms with E-state index in [0.29, 0.717) is 11.3 Å². The fourth-order valence-corrected chi connectivity index (χ4v) is 3.65. The summed E-state index contributed by atoms with van der Waals surface area (Å²) in [7, 11) is 1.56. The van der Waals surface area contributed by atoms with Crippen molar-refractivity contribution in [3.05, 3.63) is 77.1 Å². The van der Waals surface area contributed by atoms with E-state index in [1.165, 1.54) is 10.2 Å². The van der Waals surface area contributed by atoms with Crippen LogP contribution in [0.2, 0.25) is 0 Å². The van der Waals surface area contributed by atoms with Crippen LogP contribution in [0, 0.1) is 0 Å². The topological polar surface area (TPSA) is 89.3 Å². The molecular formula is C21H22N4O3. The summed E-state index contributed by atoms with van der Waals surface area (Å²) in [5.74, 6) is 0.340. The highest BCUT2D eigenvalue weighted by Gasteiger charge is 2.25. The number of hydrogen-bond donors (Lipinski definition) is 2. The predicted octanol–water partition coefficient (Wildman–Crippen LogP) is 2.44. The van der Waals surface area contributed by atoms with Gasteiger partial charge < -0.3 is 15.2 Å². The van der Waals surface area contributed by atoms with Gasteiger partial charge in [0.25, 0.3) is 5.91 Å². The summed E-state index contributed by atoms with van der Waals surface area (Å²) in [5, 5.41) is 21.5. The Morgan fingerprint density at radius 1 is 1.29 bits per heavy atom. The molecule has 0 saturated carbocycles. The molecule has 7 nitrogen and oxygen atoms in total. The van der Waals surface area contributed by atoms with Crippen molar-refractivity contribution < 1.29 is 14.6 Å². The predicted molar refractivity (Wildman–Crippen MR) is 103 cm³/mol. The van der Waals surface area contributed by atoms with E-state index in [-0.39, 0.29) is 24.2 Å². The van der Waals surface area contributed by atoms with E-state index in [1.807, 2.05) is 30.3 Å². The van der Waals surface area contributed by atoms with Gasteiger partial charge in [0.05, 0.1) is 25.9 Å². The molecule has 2 atom stereocenters. The van der Waals surface area contributed by atoms with E-state index in [0.717, 1.165) is 18.4 Å². The molecular weight excluding hydrogens is 356 g/mol. The van der Waals surface area contributed by atoms with Gasteiger partial charge in [0.2, 0.25) is 0 Å². The minimum atomic E-state index is -0.824. The van der Waals surface area contributed by atoms with Crippen molar-refractivity contribution in [1.29, 1.82) is 0 Å². The molecule has 1 aliphatic carbocycles. The number of rotatable bonds is 6. The van der Waals surface area contributed by atoms with Crippen molar-refractivity contribution in [1.82, 2.24) is 20.3 Å². The van der Waals surface area contributed by atoms with Gasteiger partial charge in [-0.2, -0.15) is 0 Å². The zero-order valence-corrected chi connectivity index (χ0v) is 15.6. The number of para-hydroxylation sites is 1. The van der Waals surface area contributed by atoms with Crippen LogP contribution in [0.4, 0.5) is 0 Å². The Kier molecular flexibility index (Phi) is 5.08. The van der Waals surface area contributed by atoms with E-state index in [2.05, 4.69) is 21.7 Å². The summed E-state index contributed by atoms with van der Waals surface area (Å²) < 4.78 is 6.75. The Hall–Kier alpha value is -3.19. The van der Waals surface area contributed by atoms with Crippen LogP contribution in [0.15, 0.2) is 54.7 Å². The van der Waals surface area contributed by atoms with E-state index >= 15 is 0 Å². The molecule has 0 spiro atoms. The molecule has 1 amide bonds. The summed E-state index contributed by atoms with van der Waals surface area (Å²) >= 11 is 0.